The molecule has 1 aliphatic heterocycles. The number of amides is 4. The number of urea groups is 1. The molecule has 4 amide bonds. The van der Waals surface area contributed by atoms with Crippen molar-refractivity contribution in [2.24, 2.45) is 0 Å². The van der Waals surface area contributed by atoms with E-state index >= 15 is 0 Å². The first-order chi connectivity index (χ1) is 9.08. The number of nitrogens with zero attached hydrogens (tertiary/aromatic N) is 1. The molecule has 1 aromatic carbocycles. The summed E-state index contributed by atoms with van der Waals surface area (Å²) in [4.78, 5) is 35.3. The predicted molar refractivity (Wildman–Crippen MR) is 66.7 cm³/mol. The zero-order chi connectivity index (χ0) is 13.8. The molecule has 0 bridgehead atoms. The first-order valence-electron chi connectivity index (χ1n) is 5.61. The van der Waals surface area contributed by atoms with Crippen molar-refractivity contribution in [2.45, 2.75) is 0 Å². The molecule has 1 aromatic rings. The monoisotopic (exact) mass is 263 g/mol. The van der Waals surface area contributed by atoms with E-state index in [-0.39, 0.29) is 13.1 Å². The Kier molecular flexibility index (Phi) is 3.65. The highest BCUT2D eigenvalue weighted by molar-refractivity contribution is 6.04. The molecule has 0 atom stereocenters. The fourth-order valence-corrected chi connectivity index (χ4v) is 1.66. The largest absolute Gasteiger partial charge is 0.497 e. The highest BCUT2D eigenvalue weighted by Crippen LogP contribution is 2.15. The predicted octanol–water partition coefficient (Wildman–Crippen LogP) is 0.185. The van der Waals surface area contributed by atoms with E-state index < -0.39 is 17.8 Å². The van der Waals surface area contributed by atoms with Gasteiger partial charge < -0.3 is 15.0 Å². The number of hydrogen-bond acceptors (Lipinski definition) is 4. The minimum absolute atomic E-state index is 0.131. The van der Waals surface area contributed by atoms with Crippen LogP contribution in [0.5, 0.6) is 5.75 Å². The van der Waals surface area contributed by atoms with Gasteiger partial charge in [0.25, 0.3) is 0 Å². The minimum Gasteiger partial charge on any atom is -0.497 e. The molecule has 1 saturated heterocycles. The van der Waals surface area contributed by atoms with Crippen molar-refractivity contribution in [3.8, 4) is 5.75 Å². The maximum Gasteiger partial charge on any atom is 0.322 e. The molecule has 7 nitrogen and oxygen atoms in total. The van der Waals surface area contributed by atoms with Crippen LogP contribution in [0.3, 0.4) is 0 Å². The van der Waals surface area contributed by atoms with Gasteiger partial charge in [-0.05, 0) is 24.3 Å². The third-order valence-corrected chi connectivity index (χ3v) is 2.58. The third-order valence-electron chi connectivity index (χ3n) is 2.58. The van der Waals surface area contributed by atoms with Crippen LogP contribution >= 0.6 is 0 Å². The zero-order valence-corrected chi connectivity index (χ0v) is 10.3. The molecule has 19 heavy (non-hydrogen) atoms. The van der Waals surface area contributed by atoms with Gasteiger partial charge in [0.2, 0.25) is 11.8 Å². The van der Waals surface area contributed by atoms with Gasteiger partial charge >= 0.3 is 6.03 Å². The summed E-state index contributed by atoms with van der Waals surface area (Å²) in [5.74, 6) is -0.298. The van der Waals surface area contributed by atoms with Gasteiger partial charge in [0.05, 0.1) is 7.11 Å². The number of benzene rings is 1. The molecule has 1 heterocycles. The standard InChI is InChI=1S/C12H13N3O4/c1-19-9-4-2-8(3-5-9)13-12(18)15-6-10(16)14-11(17)7-15/h2-5H,6-7H2,1H3,(H,13,18)(H,14,16,17). The van der Waals surface area contributed by atoms with Crippen LogP contribution in [0, 0.1) is 0 Å². The van der Waals surface area contributed by atoms with E-state index in [1.54, 1.807) is 31.4 Å². The number of carbonyl (C=O) groups excluding carboxylic acids is 3. The van der Waals surface area contributed by atoms with Crippen LogP contribution in [-0.4, -0.2) is 42.9 Å². The fourth-order valence-electron chi connectivity index (χ4n) is 1.66. The van der Waals surface area contributed by atoms with Crippen LogP contribution in [-0.2, 0) is 9.59 Å². The summed E-state index contributed by atoms with van der Waals surface area (Å²) < 4.78 is 5.00. The number of ether oxygens (including phenoxy) is 1. The van der Waals surface area contributed by atoms with Crippen molar-refractivity contribution in [1.82, 2.24) is 10.2 Å². The third kappa shape index (κ3) is 3.21. The normalized spacial score (nSPS) is 14.9. The molecule has 1 aliphatic rings. The lowest BCUT2D eigenvalue weighted by atomic mass is 10.3. The Bertz CT molecular complexity index is 496. The van der Waals surface area contributed by atoms with Gasteiger partial charge in [-0.1, -0.05) is 0 Å². The van der Waals surface area contributed by atoms with Crippen molar-refractivity contribution >= 4 is 23.5 Å². The topological polar surface area (TPSA) is 87.7 Å². The Morgan fingerprint density at radius 1 is 1.21 bits per heavy atom. The molecule has 0 aromatic heterocycles. The summed E-state index contributed by atoms with van der Waals surface area (Å²) in [7, 11) is 1.55. The lowest BCUT2D eigenvalue weighted by Gasteiger charge is -2.25. The number of rotatable bonds is 2. The lowest BCUT2D eigenvalue weighted by molar-refractivity contribution is -0.134. The Hall–Kier alpha value is -2.57. The fraction of sp³-hybridized carbons (Fsp3) is 0.250. The van der Waals surface area contributed by atoms with Gasteiger partial charge in [0.1, 0.15) is 18.8 Å². The van der Waals surface area contributed by atoms with Crippen LogP contribution < -0.4 is 15.4 Å². The van der Waals surface area contributed by atoms with E-state index in [9.17, 15) is 14.4 Å². The van der Waals surface area contributed by atoms with E-state index in [0.717, 1.165) is 4.90 Å². The molecule has 0 radical (unpaired) electrons. The summed E-state index contributed by atoms with van der Waals surface area (Å²) >= 11 is 0. The van der Waals surface area contributed by atoms with Crippen molar-refractivity contribution in [1.29, 1.82) is 0 Å². The number of anilines is 1. The molecule has 0 aliphatic carbocycles. The molecular weight excluding hydrogens is 250 g/mol. The van der Waals surface area contributed by atoms with Gasteiger partial charge in [-0.25, -0.2) is 4.79 Å². The quantitative estimate of drug-likeness (QED) is 0.745. The summed E-state index contributed by atoms with van der Waals surface area (Å²) in [6.45, 7) is -0.262. The maximum absolute atomic E-state index is 11.9. The second-order valence-corrected chi connectivity index (χ2v) is 3.99. The molecule has 0 saturated carbocycles. The minimum atomic E-state index is -0.492. The number of piperazine rings is 1. The highest BCUT2D eigenvalue weighted by atomic mass is 16.5. The van der Waals surface area contributed by atoms with E-state index in [1.807, 2.05) is 0 Å². The summed E-state index contributed by atoms with van der Waals surface area (Å²) in [6, 6.07) is 6.24. The average molecular weight is 263 g/mol. The van der Waals surface area contributed by atoms with Crippen molar-refractivity contribution < 1.29 is 19.1 Å². The summed E-state index contributed by atoms with van der Waals surface area (Å²) in [5, 5.41) is 4.73. The Balaban J connectivity index is 1.99. The van der Waals surface area contributed by atoms with Crippen molar-refractivity contribution in [3.63, 3.8) is 0 Å². The SMILES string of the molecule is COc1ccc(NC(=O)N2CC(=O)NC(=O)C2)cc1. The highest BCUT2D eigenvalue weighted by Gasteiger charge is 2.26. The summed E-state index contributed by atoms with van der Waals surface area (Å²) in [6.07, 6.45) is 0. The average Bonchev–Trinajstić information content (AvgIpc) is 2.38. The zero-order valence-electron chi connectivity index (χ0n) is 10.3. The van der Waals surface area contributed by atoms with Crippen LogP contribution in [0.2, 0.25) is 0 Å². The van der Waals surface area contributed by atoms with E-state index in [0.29, 0.717) is 11.4 Å². The number of carbonyl (C=O) groups is 3. The Labute approximate surface area is 109 Å². The molecular formula is C12H13N3O4. The smallest absolute Gasteiger partial charge is 0.322 e. The van der Waals surface area contributed by atoms with Gasteiger partial charge in [0, 0.05) is 5.69 Å². The maximum atomic E-state index is 11.9. The molecule has 2 N–H and O–H groups in total. The molecule has 7 heteroatoms. The first kappa shape index (κ1) is 12.9. The van der Waals surface area contributed by atoms with Crippen LogP contribution in [0.25, 0.3) is 0 Å². The first-order valence-corrected chi connectivity index (χ1v) is 5.61. The Morgan fingerprint density at radius 2 is 1.79 bits per heavy atom. The van der Waals surface area contributed by atoms with Crippen molar-refractivity contribution in [3.05, 3.63) is 24.3 Å². The van der Waals surface area contributed by atoms with Crippen molar-refractivity contribution in [2.75, 3.05) is 25.5 Å². The van der Waals surface area contributed by atoms with E-state index in [4.69, 9.17) is 4.74 Å². The number of imide groups is 1. The van der Waals surface area contributed by atoms with Crippen LogP contribution in [0.15, 0.2) is 24.3 Å². The molecule has 0 spiro atoms. The molecule has 1 fully saturated rings. The van der Waals surface area contributed by atoms with Gasteiger partial charge in [-0.2, -0.15) is 0 Å². The summed E-state index contributed by atoms with van der Waals surface area (Å²) in [5.41, 5.74) is 0.559. The van der Waals surface area contributed by atoms with E-state index in [1.165, 1.54) is 0 Å². The number of nitrogens with one attached hydrogen (secondary N) is 2. The molecule has 100 valence electrons. The number of hydrogen-bond donors (Lipinski definition) is 2. The molecule has 2 rings (SSSR count). The van der Waals surface area contributed by atoms with E-state index in [2.05, 4.69) is 10.6 Å². The van der Waals surface area contributed by atoms with Gasteiger partial charge in [-0.15, -0.1) is 0 Å². The van der Waals surface area contributed by atoms with Crippen LogP contribution in [0.4, 0.5) is 10.5 Å². The Morgan fingerprint density at radius 3 is 2.32 bits per heavy atom. The second-order valence-electron chi connectivity index (χ2n) is 3.99. The molecule has 0 unspecified atom stereocenters. The second kappa shape index (κ2) is 5.38. The number of methoxy groups -OCH3 is 1. The lowest BCUT2D eigenvalue weighted by Crippen LogP contribution is -2.54. The van der Waals surface area contributed by atoms with Gasteiger partial charge in [-0.3, -0.25) is 14.9 Å². The van der Waals surface area contributed by atoms with Gasteiger partial charge in [0.15, 0.2) is 0 Å². The van der Waals surface area contributed by atoms with Crippen LogP contribution in [0.1, 0.15) is 0 Å².